The molecule has 2 rings (SSSR count). The van der Waals surface area contributed by atoms with Crippen molar-refractivity contribution in [2.75, 3.05) is 11.9 Å². The van der Waals surface area contributed by atoms with Crippen LogP contribution in [0, 0.1) is 5.82 Å². The third kappa shape index (κ3) is 3.33. The second kappa shape index (κ2) is 6.48. The van der Waals surface area contributed by atoms with Gasteiger partial charge in [-0.25, -0.2) is 4.39 Å². The smallest absolute Gasteiger partial charge is 0.167 e. The van der Waals surface area contributed by atoms with Crippen LogP contribution in [-0.4, -0.2) is 11.7 Å². The summed E-state index contributed by atoms with van der Waals surface area (Å²) in [6, 6.07) is 9.75. The van der Waals surface area contributed by atoms with Gasteiger partial charge in [-0.3, -0.25) is 0 Å². The summed E-state index contributed by atoms with van der Waals surface area (Å²) in [6.45, 7) is 2.56. The van der Waals surface area contributed by atoms with Gasteiger partial charge < -0.3 is 15.2 Å². The predicted octanol–water partition coefficient (Wildman–Crippen LogP) is 4.20. The van der Waals surface area contributed by atoms with Gasteiger partial charge in [-0.1, -0.05) is 23.7 Å². The summed E-state index contributed by atoms with van der Waals surface area (Å²) in [7, 11) is 0. The van der Waals surface area contributed by atoms with Gasteiger partial charge >= 0.3 is 0 Å². The molecule has 0 bridgehead atoms. The van der Waals surface area contributed by atoms with Crippen LogP contribution in [0.5, 0.6) is 11.5 Å². The predicted molar refractivity (Wildman–Crippen MR) is 78.0 cm³/mol. The molecule has 0 unspecified atom stereocenters. The van der Waals surface area contributed by atoms with Crippen molar-refractivity contribution in [1.82, 2.24) is 0 Å². The topological polar surface area (TPSA) is 41.5 Å². The van der Waals surface area contributed by atoms with Gasteiger partial charge in [-0.2, -0.15) is 0 Å². The molecule has 0 aliphatic carbocycles. The summed E-state index contributed by atoms with van der Waals surface area (Å²) in [5.41, 5.74) is 1.25. The molecule has 5 heteroatoms. The molecule has 0 saturated heterocycles. The van der Waals surface area contributed by atoms with E-state index in [9.17, 15) is 9.50 Å². The molecule has 0 aliphatic heterocycles. The van der Waals surface area contributed by atoms with Crippen molar-refractivity contribution in [2.24, 2.45) is 0 Å². The van der Waals surface area contributed by atoms with E-state index in [2.05, 4.69) is 5.32 Å². The maximum absolute atomic E-state index is 13.7. The van der Waals surface area contributed by atoms with Crippen molar-refractivity contribution in [1.29, 1.82) is 0 Å². The van der Waals surface area contributed by atoms with Crippen molar-refractivity contribution < 1.29 is 14.2 Å². The molecular formula is C15H15ClFNO2. The minimum absolute atomic E-state index is 0.0353. The van der Waals surface area contributed by atoms with Crippen LogP contribution in [0.25, 0.3) is 0 Å². The average molecular weight is 296 g/mol. The number of phenolic OH excluding ortho intramolecular Hbond substituents is 1. The van der Waals surface area contributed by atoms with Crippen LogP contribution in [-0.2, 0) is 6.54 Å². The molecule has 0 amide bonds. The van der Waals surface area contributed by atoms with E-state index in [-0.39, 0.29) is 11.5 Å². The highest BCUT2D eigenvalue weighted by atomic mass is 35.5. The number of halogens is 2. The maximum atomic E-state index is 13.7. The van der Waals surface area contributed by atoms with Crippen LogP contribution < -0.4 is 10.1 Å². The van der Waals surface area contributed by atoms with E-state index in [0.717, 1.165) is 0 Å². The fraction of sp³-hybridized carbons (Fsp3) is 0.200. The molecule has 0 heterocycles. The first-order valence-corrected chi connectivity index (χ1v) is 6.62. The molecule has 0 aromatic heterocycles. The highest BCUT2D eigenvalue weighted by Gasteiger charge is 2.07. The van der Waals surface area contributed by atoms with Crippen LogP contribution in [0.4, 0.5) is 10.1 Å². The van der Waals surface area contributed by atoms with Gasteiger partial charge in [-0.05, 0) is 25.1 Å². The molecule has 0 atom stereocenters. The molecule has 2 aromatic carbocycles. The summed E-state index contributed by atoms with van der Waals surface area (Å²) in [4.78, 5) is 0. The molecule has 0 fully saturated rings. The minimum atomic E-state index is -0.424. The Balaban J connectivity index is 2.07. The quantitative estimate of drug-likeness (QED) is 0.869. The minimum Gasteiger partial charge on any atom is -0.506 e. The molecule has 20 heavy (non-hydrogen) atoms. The lowest BCUT2D eigenvalue weighted by Gasteiger charge is -2.10. The summed E-state index contributed by atoms with van der Waals surface area (Å²) in [6.07, 6.45) is 0. The lowest BCUT2D eigenvalue weighted by molar-refractivity contribution is 0.321. The highest BCUT2D eigenvalue weighted by Crippen LogP contribution is 2.28. The molecule has 2 aromatic rings. The molecule has 2 N–H and O–H groups in total. The standard InChI is InChI=1S/C15H15ClFNO2/c1-2-20-14-7-6-11(8-13(14)17)18-9-10-4-3-5-12(16)15(10)19/h3-8,18-19H,2,9H2,1H3. The van der Waals surface area contributed by atoms with Crippen LogP contribution in [0.15, 0.2) is 36.4 Å². The van der Waals surface area contributed by atoms with Gasteiger partial charge in [0, 0.05) is 23.9 Å². The normalized spacial score (nSPS) is 10.3. The Bertz CT molecular complexity index is 604. The van der Waals surface area contributed by atoms with Crippen molar-refractivity contribution >= 4 is 17.3 Å². The van der Waals surface area contributed by atoms with Crippen molar-refractivity contribution in [3.05, 3.63) is 52.8 Å². The third-order valence-electron chi connectivity index (χ3n) is 2.79. The van der Waals surface area contributed by atoms with E-state index in [1.165, 1.54) is 6.07 Å². The fourth-order valence-electron chi connectivity index (χ4n) is 1.78. The van der Waals surface area contributed by atoms with Gasteiger partial charge in [0.2, 0.25) is 0 Å². The van der Waals surface area contributed by atoms with Crippen molar-refractivity contribution in [3.8, 4) is 11.5 Å². The Morgan fingerprint density at radius 2 is 2.10 bits per heavy atom. The van der Waals surface area contributed by atoms with Crippen LogP contribution in [0.2, 0.25) is 5.02 Å². The Hall–Kier alpha value is -1.94. The molecule has 0 radical (unpaired) electrons. The number of anilines is 1. The third-order valence-corrected chi connectivity index (χ3v) is 3.09. The van der Waals surface area contributed by atoms with E-state index >= 15 is 0 Å². The lowest BCUT2D eigenvalue weighted by atomic mass is 10.2. The van der Waals surface area contributed by atoms with Gasteiger partial charge in [0.15, 0.2) is 11.6 Å². The number of aromatic hydroxyl groups is 1. The monoisotopic (exact) mass is 295 g/mol. The molecule has 0 aliphatic rings. The van der Waals surface area contributed by atoms with Crippen LogP contribution in [0.3, 0.4) is 0 Å². The van der Waals surface area contributed by atoms with E-state index in [1.54, 1.807) is 37.3 Å². The summed E-state index contributed by atoms with van der Waals surface area (Å²) < 4.78 is 18.8. The van der Waals surface area contributed by atoms with E-state index in [4.69, 9.17) is 16.3 Å². The zero-order valence-corrected chi connectivity index (χ0v) is 11.7. The fourth-order valence-corrected chi connectivity index (χ4v) is 1.98. The number of hydrogen-bond donors (Lipinski definition) is 2. The first kappa shape index (κ1) is 14.5. The molecule has 106 valence electrons. The Labute approximate surface area is 122 Å². The first-order chi connectivity index (χ1) is 9.61. The summed E-state index contributed by atoms with van der Waals surface area (Å²) in [5, 5.41) is 13.1. The summed E-state index contributed by atoms with van der Waals surface area (Å²) >= 11 is 5.82. The Morgan fingerprint density at radius 1 is 1.30 bits per heavy atom. The van der Waals surface area contributed by atoms with Gasteiger partial charge in [-0.15, -0.1) is 0 Å². The number of nitrogens with one attached hydrogen (secondary N) is 1. The zero-order valence-electron chi connectivity index (χ0n) is 11.0. The van der Waals surface area contributed by atoms with E-state index in [0.29, 0.717) is 29.4 Å². The second-order valence-electron chi connectivity index (χ2n) is 4.18. The molecule has 0 spiro atoms. The van der Waals surface area contributed by atoms with E-state index < -0.39 is 5.82 Å². The number of ether oxygens (including phenoxy) is 1. The zero-order chi connectivity index (χ0) is 14.5. The first-order valence-electron chi connectivity index (χ1n) is 6.24. The van der Waals surface area contributed by atoms with Crippen molar-refractivity contribution in [2.45, 2.75) is 13.5 Å². The number of hydrogen-bond acceptors (Lipinski definition) is 3. The largest absolute Gasteiger partial charge is 0.506 e. The Kier molecular flexibility index (Phi) is 4.69. The highest BCUT2D eigenvalue weighted by molar-refractivity contribution is 6.32. The average Bonchev–Trinajstić information content (AvgIpc) is 2.43. The van der Waals surface area contributed by atoms with Crippen LogP contribution >= 0.6 is 11.6 Å². The number of phenols is 1. The van der Waals surface area contributed by atoms with Gasteiger partial charge in [0.1, 0.15) is 5.75 Å². The lowest BCUT2D eigenvalue weighted by Crippen LogP contribution is -2.01. The van der Waals surface area contributed by atoms with E-state index in [1.807, 2.05) is 0 Å². The molecular weight excluding hydrogens is 281 g/mol. The van der Waals surface area contributed by atoms with Crippen LogP contribution in [0.1, 0.15) is 12.5 Å². The SMILES string of the molecule is CCOc1ccc(NCc2cccc(Cl)c2O)cc1F. The van der Waals surface area contributed by atoms with Gasteiger partial charge in [0.05, 0.1) is 11.6 Å². The maximum Gasteiger partial charge on any atom is 0.167 e. The molecule has 0 saturated carbocycles. The summed E-state index contributed by atoms with van der Waals surface area (Å²) in [5.74, 6) is -0.163. The number of rotatable bonds is 5. The number of para-hydroxylation sites is 1. The number of benzene rings is 2. The molecule has 3 nitrogen and oxygen atoms in total. The Morgan fingerprint density at radius 3 is 2.80 bits per heavy atom. The second-order valence-corrected chi connectivity index (χ2v) is 4.59. The van der Waals surface area contributed by atoms with Crippen molar-refractivity contribution in [3.63, 3.8) is 0 Å². The van der Waals surface area contributed by atoms with Gasteiger partial charge in [0.25, 0.3) is 0 Å².